The van der Waals surface area contributed by atoms with Crippen molar-refractivity contribution >= 4 is 19.4 Å². The van der Waals surface area contributed by atoms with E-state index in [0.717, 1.165) is 0 Å². The van der Waals surface area contributed by atoms with E-state index in [1.807, 2.05) is 0 Å². The number of ketones is 2. The number of hydrogen-bond acceptors (Lipinski definition) is 11. The molecule has 4 aromatic rings. The first kappa shape index (κ1) is 32.7. The van der Waals surface area contributed by atoms with Crippen LogP contribution in [-0.4, -0.2) is 51.1 Å². The van der Waals surface area contributed by atoms with Crippen LogP contribution in [0.4, 0.5) is 0 Å². The molecule has 5 N–H and O–H groups in total. The average Bonchev–Trinajstić information content (AvgIpc) is 2.98. The summed E-state index contributed by atoms with van der Waals surface area (Å²) in [6, 6.07) is 17.0. The summed E-state index contributed by atoms with van der Waals surface area (Å²) in [5.41, 5.74) is 0.457. The molecule has 0 radical (unpaired) electrons. The van der Waals surface area contributed by atoms with Gasteiger partial charge in [-0.15, -0.1) is 0 Å². The highest BCUT2D eigenvalue weighted by Gasteiger charge is 2.30. The number of benzene rings is 4. The molecule has 45 heavy (non-hydrogen) atoms. The lowest BCUT2D eigenvalue weighted by atomic mass is 10.0. The minimum Gasteiger partial charge on any atom is -0.507 e. The Morgan fingerprint density at radius 2 is 0.933 bits per heavy atom. The Morgan fingerprint density at radius 3 is 1.27 bits per heavy atom. The second kappa shape index (κ2) is 14.1. The van der Waals surface area contributed by atoms with Gasteiger partial charge in [0.15, 0.2) is 34.6 Å². The first-order chi connectivity index (χ1) is 21.5. The van der Waals surface area contributed by atoms with Crippen molar-refractivity contribution in [2.45, 2.75) is 25.7 Å². The number of phenols is 4. The van der Waals surface area contributed by atoms with Crippen molar-refractivity contribution in [2.75, 3.05) is 14.2 Å². The lowest BCUT2D eigenvalue weighted by molar-refractivity contribution is 0.0968. The van der Waals surface area contributed by atoms with E-state index in [4.69, 9.17) is 18.5 Å². The molecule has 0 heterocycles. The molecule has 12 nitrogen and oxygen atoms in total. The van der Waals surface area contributed by atoms with Crippen LogP contribution in [0.3, 0.4) is 0 Å². The number of phenolic OH excluding ortho intramolecular Hbond substituents is 4. The van der Waals surface area contributed by atoms with E-state index in [2.05, 4.69) is 0 Å². The zero-order chi connectivity index (χ0) is 32.7. The Hall–Kier alpha value is -5.19. The van der Waals surface area contributed by atoms with Crippen molar-refractivity contribution in [2.24, 2.45) is 0 Å². The van der Waals surface area contributed by atoms with Crippen LogP contribution in [0, 0.1) is 0 Å². The minimum absolute atomic E-state index is 0.0660. The summed E-state index contributed by atoms with van der Waals surface area (Å²) in [6.07, 6.45) is -0.101. The maximum Gasteiger partial charge on any atom is 0.585 e. The summed E-state index contributed by atoms with van der Waals surface area (Å²) < 4.78 is 34.7. The molecule has 4 rings (SSSR count). The zero-order valence-electron chi connectivity index (χ0n) is 24.3. The summed E-state index contributed by atoms with van der Waals surface area (Å²) in [7, 11) is -2.25. The number of hydrogen-bond donors (Lipinski definition) is 5. The van der Waals surface area contributed by atoms with Crippen molar-refractivity contribution in [3.05, 3.63) is 95.1 Å². The highest BCUT2D eigenvalue weighted by Crippen LogP contribution is 2.50. The number of phosphoric acid groups is 1. The Morgan fingerprint density at radius 1 is 0.600 bits per heavy atom. The average molecular weight is 639 g/mol. The standard InChI is InChI=1S/C32H31O12P/c1-41-31-19(15-17-25(37)29-21(33)9-5-10-22(29)34)7-3-13-27(31)43-45(39,40)44-28-14-4-8-20(32(28)42-2)16-18-26(38)30-23(35)11-6-12-24(30)36/h3-14,33-36H,15-18H2,1-2H3,(H,39,40). The summed E-state index contributed by atoms with van der Waals surface area (Å²) >= 11 is 0. The van der Waals surface area contributed by atoms with E-state index in [0.29, 0.717) is 11.1 Å². The maximum absolute atomic E-state index is 13.1. The number of para-hydroxylation sites is 2. The fourth-order valence-electron chi connectivity index (χ4n) is 4.76. The Kier molecular flexibility index (Phi) is 10.2. The van der Waals surface area contributed by atoms with Gasteiger partial charge in [0.1, 0.15) is 34.1 Å². The number of phosphoric ester groups is 1. The van der Waals surface area contributed by atoms with E-state index in [9.17, 15) is 39.5 Å². The second-order valence-electron chi connectivity index (χ2n) is 9.74. The molecule has 0 saturated carbocycles. The lowest BCUT2D eigenvalue weighted by Gasteiger charge is -2.19. The topological polar surface area (TPSA) is 189 Å². The molecular weight excluding hydrogens is 607 g/mol. The van der Waals surface area contributed by atoms with Gasteiger partial charge in [0, 0.05) is 12.8 Å². The SMILES string of the molecule is COc1c(CCC(=O)c2c(O)cccc2O)cccc1OP(=O)(O)Oc1cccc(CCC(=O)c2c(O)cccc2O)c1OC. The largest absolute Gasteiger partial charge is 0.585 e. The third-order valence-electron chi connectivity index (χ3n) is 6.80. The molecule has 0 saturated heterocycles. The molecule has 0 amide bonds. The van der Waals surface area contributed by atoms with Crippen LogP contribution in [0.2, 0.25) is 0 Å². The molecule has 0 fully saturated rings. The highest BCUT2D eigenvalue weighted by molar-refractivity contribution is 7.48. The molecule has 236 valence electrons. The van der Waals surface area contributed by atoms with Crippen LogP contribution in [0.1, 0.15) is 44.7 Å². The van der Waals surface area contributed by atoms with Crippen molar-refractivity contribution in [3.63, 3.8) is 0 Å². The van der Waals surface area contributed by atoms with Gasteiger partial charge in [-0.05, 0) is 60.4 Å². The van der Waals surface area contributed by atoms with Crippen LogP contribution in [-0.2, 0) is 17.4 Å². The van der Waals surface area contributed by atoms with Crippen molar-refractivity contribution in [1.82, 2.24) is 0 Å². The molecule has 4 aromatic carbocycles. The van der Waals surface area contributed by atoms with Gasteiger partial charge in [0.05, 0.1) is 14.2 Å². The minimum atomic E-state index is -4.88. The molecule has 0 aliphatic carbocycles. The fraction of sp³-hybridized carbons (Fsp3) is 0.188. The van der Waals surface area contributed by atoms with Gasteiger partial charge in [-0.3, -0.25) is 14.5 Å². The van der Waals surface area contributed by atoms with E-state index < -0.39 is 19.4 Å². The summed E-state index contributed by atoms with van der Waals surface area (Å²) in [4.78, 5) is 36.1. The lowest BCUT2D eigenvalue weighted by Crippen LogP contribution is -2.06. The first-order valence-electron chi connectivity index (χ1n) is 13.6. The smallest absolute Gasteiger partial charge is 0.507 e. The monoisotopic (exact) mass is 638 g/mol. The first-order valence-corrected chi connectivity index (χ1v) is 15.1. The number of Topliss-reactive ketones (excluding diaryl/α,β-unsaturated/α-hetero) is 2. The van der Waals surface area contributed by atoms with E-state index in [-0.39, 0.29) is 82.8 Å². The quantitative estimate of drug-likeness (QED) is 0.0836. The third-order valence-corrected chi connectivity index (χ3v) is 7.65. The van der Waals surface area contributed by atoms with Gasteiger partial charge >= 0.3 is 7.82 Å². The molecule has 0 bridgehead atoms. The Balaban J connectivity index is 1.49. The molecule has 0 unspecified atom stereocenters. The van der Waals surface area contributed by atoms with Crippen molar-refractivity contribution in [1.29, 1.82) is 0 Å². The molecule has 0 aromatic heterocycles. The predicted octanol–water partition coefficient (Wildman–Crippen LogP) is 5.72. The number of methoxy groups -OCH3 is 2. The van der Waals surface area contributed by atoms with Crippen LogP contribution in [0.5, 0.6) is 46.0 Å². The highest BCUT2D eigenvalue weighted by atomic mass is 31.2. The van der Waals surface area contributed by atoms with Gasteiger partial charge in [-0.1, -0.05) is 36.4 Å². The van der Waals surface area contributed by atoms with E-state index in [1.165, 1.54) is 74.9 Å². The van der Waals surface area contributed by atoms with Crippen LogP contribution in [0.25, 0.3) is 0 Å². The second-order valence-corrected chi connectivity index (χ2v) is 11.0. The normalized spacial score (nSPS) is 11.1. The summed E-state index contributed by atoms with van der Waals surface area (Å²) in [5, 5.41) is 40.0. The van der Waals surface area contributed by atoms with E-state index >= 15 is 0 Å². The van der Waals surface area contributed by atoms with Gasteiger partial charge in [0.2, 0.25) is 0 Å². The van der Waals surface area contributed by atoms with Gasteiger partial charge in [-0.25, -0.2) is 4.57 Å². The Bertz CT molecular complexity index is 1600. The number of rotatable bonds is 14. The molecule has 0 spiro atoms. The van der Waals surface area contributed by atoms with Gasteiger partial charge in [-0.2, -0.15) is 0 Å². The predicted molar refractivity (Wildman–Crippen MR) is 162 cm³/mol. The number of aryl methyl sites for hydroxylation is 2. The number of ether oxygens (including phenoxy) is 2. The molecule has 0 atom stereocenters. The molecular formula is C32H31O12P. The van der Waals surface area contributed by atoms with Gasteiger partial charge in [0.25, 0.3) is 0 Å². The van der Waals surface area contributed by atoms with Crippen LogP contribution in [0.15, 0.2) is 72.8 Å². The maximum atomic E-state index is 13.1. The number of aromatic hydroxyl groups is 4. The molecule has 0 aliphatic heterocycles. The van der Waals surface area contributed by atoms with Crippen LogP contribution < -0.4 is 18.5 Å². The number of carbonyl (C=O) groups excluding carboxylic acids is 2. The van der Waals surface area contributed by atoms with Gasteiger partial charge < -0.3 is 38.9 Å². The number of carbonyl (C=O) groups is 2. The Labute approximate surface area is 258 Å². The summed E-state index contributed by atoms with van der Waals surface area (Å²) in [5.74, 6) is -2.66. The van der Waals surface area contributed by atoms with Crippen molar-refractivity contribution < 1.29 is 58.0 Å². The van der Waals surface area contributed by atoms with Crippen molar-refractivity contribution in [3.8, 4) is 46.0 Å². The molecule has 0 aliphatic rings. The summed E-state index contributed by atoms with van der Waals surface area (Å²) in [6.45, 7) is 0. The fourth-order valence-corrected chi connectivity index (χ4v) is 5.59. The van der Waals surface area contributed by atoms with Crippen LogP contribution >= 0.6 is 7.82 Å². The molecule has 13 heteroatoms. The van der Waals surface area contributed by atoms with E-state index in [1.54, 1.807) is 12.1 Å². The zero-order valence-corrected chi connectivity index (χ0v) is 25.2. The third kappa shape index (κ3) is 7.67.